The van der Waals surface area contributed by atoms with E-state index in [9.17, 15) is 24.0 Å². The Hall–Kier alpha value is -5.43. The normalized spacial score (nSPS) is 10.6. The van der Waals surface area contributed by atoms with Crippen LogP contribution in [0.1, 0.15) is 90.8 Å². The van der Waals surface area contributed by atoms with Crippen LogP contribution in [0, 0.1) is 6.92 Å². The second kappa shape index (κ2) is 37.3. The molecule has 0 unspecified atom stereocenters. The number of hydrogen-bond acceptors (Lipinski definition) is 8. The lowest BCUT2D eigenvalue weighted by atomic mass is 10.2. The van der Waals surface area contributed by atoms with Crippen LogP contribution in [0.25, 0.3) is 0 Å². The number of rotatable bonds is 16. The van der Waals surface area contributed by atoms with Gasteiger partial charge in [0.2, 0.25) is 12.3 Å². The number of aldehydes is 2. The number of amides is 3. The van der Waals surface area contributed by atoms with E-state index in [2.05, 4.69) is 32.6 Å². The summed E-state index contributed by atoms with van der Waals surface area (Å²) in [6, 6.07) is 3.58. The van der Waals surface area contributed by atoms with Crippen molar-refractivity contribution in [3.8, 4) is 0 Å². The molecule has 13 heteroatoms. The van der Waals surface area contributed by atoms with Gasteiger partial charge in [-0.25, -0.2) is 0 Å². The molecule has 0 bridgehead atoms. The number of hydrogen-bond donors (Lipinski definition) is 5. The van der Waals surface area contributed by atoms with Gasteiger partial charge in [0.15, 0.2) is 0 Å². The Labute approximate surface area is 324 Å². The second-order valence-corrected chi connectivity index (χ2v) is 10.4. The molecule has 0 aliphatic heterocycles. The van der Waals surface area contributed by atoms with Crippen LogP contribution < -0.4 is 27.0 Å². The van der Waals surface area contributed by atoms with Gasteiger partial charge in [-0.3, -0.25) is 24.0 Å². The molecule has 2 rings (SSSR count). The van der Waals surface area contributed by atoms with Crippen molar-refractivity contribution < 1.29 is 28.7 Å². The highest BCUT2D eigenvalue weighted by Gasteiger charge is 2.12. The van der Waals surface area contributed by atoms with E-state index >= 15 is 0 Å². The van der Waals surface area contributed by atoms with E-state index in [1.807, 2.05) is 98.5 Å². The topological polar surface area (TPSA) is 179 Å². The summed E-state index contributed by atoms with van der Waals surface area (Å²) in [4.78, 5) is 54.4. The first-order valence-corrected chi connectivity index (χ1v) is 18.1. The van der Waals surface area contributed by atoms with Crippen LogP contribution in [0.15, 0.2) is 84.0 Å². The highest BCUT2D eigenvalue weighted by atomic mass is 16.5. The number of aromatic nitrogens is 2. The summed E-state index contributed by atoms with van der Waals surface area (Å²) in [5.41, 5.74) is 11.6. The van der Waals surface area contributed by atoms with E-state index in [0.717, 1.165) is 41.6 Å². The van der Waals surface area contributed by atoms with Crippen LogP contribution in [-0.4, -0.2) is 67.2 Å². The third-order valence-electron chi connectivity index (χ3n) is 6.63. The van der Waals surface area contributed by atoms with Gasteiger partial charge in [-0.15, -0.1) is 6.58 Å². The van der Waals surface area contributed by atoms with Gasteiger partial charge in [-0.2, -0.15) is 0 Å². The number of nitrogens with one attached hydrogen (secondary N) is 4. The maximum Gasteiger partial charge on any atom is 0.272 e. The largest absolute Gasteiger partial charge is 0.397 e. The predicted octanol–water partition coefficient (Wildman–Crippen LogP) is 6.70. The Balaban J connectivity index is -0.000000318. The lowest BCUT2D eigenvalue weighted by Gasteiger charge is -2.06. The number of aryl methyl sites for hydroxylation is 3. The molecule has 0 aliphatic carbocycles. The Morgan fingerprint density at radius 3 is 1.76 bits per heavy atom. The van der Waals surface area contributed by atoms with Gasteiger partial charge in [-0.05, 0) is 69.0 Å². The number of carbonyl (C=O) groups excluding carboxylic acids is 5. The lowest BCUT2D eigenvalue weighted by molar-refractivity contribution is -0.120. The third kappa shape index (κ3) is 27.3. The monoisotopic (exact) mass is 756 g/mol. The molecule has 6 N–H and O–H groups in total. The molecule has 304 valence electrons. The zero-order valence-corrected chi connectivity index (χ0v) is 35.1. The van der Waals surface area contributed by atoms with Gasteiger partial charge >= 0.3 is 0 Å². The lowest BCUT2D eigenvalue weighted by Crippen LogP contribution is -2.26. The highest BCUT2D eigenvalue weighted by Crippen LogP contribution is 2.15. The SMILES string of the molecule is C/C=C(\C=C(\C=O)CC)NC.C/C=C(\C=C(\C=O)CC)NC(=O)CCNC=O.C=CCOC.CC.CC.Cc1cc(NC(=O)c2cc(N)cn2C)cn1C. The summed E-state index contributed by atoms with van der Waals surface area (Å²) in [5, 5.41) is 10.9. The zero-order chi connectivity index (χ0) is 42.5. The fourth-order valence-electron chi connectivity index (χ4n) is 3.67. The molecule has 2 aromatic heterocycles. The number of allylic oxidation sites excluding steroid dienone is 6. The van der Waals surface area contributed by atoms with Crippen molar-refractivity contribution in [3.63, 3.8) is 0 Å². The maximum absolute atomic E-state index is 12.0. The first-order chi connectivity index (χ1) is 25.8. The summed E-state index contributed by atoms with van der Waals surface area (Å²) in [6.07, 6.45) is 16.2. The summed E-state index contributed by atoms with van der Waals surface area (Å²) < 4.78 is 8.24. The average Bonchev–Trinajstić information content (AvgIpc) is 3.70. The van der Waals surface area contributed by atoms with Crippen molar-refractivity contribution in [1.82, 2.24) is 25.1 Å². The van der Waals surface area contributed by atoms with Crippen molar-refractivity contribution >= 4 is 42.2 Å². The van der Waals surface area contributed by atoms with E-state index in [1.165, 1.54) is 0 Å². The van der Waals surface area contributed by atoms with E-state index in [1.54, 1.807) is 56.1 Å². The fourth-order valence-corrected chi connectivity index (χ4v) is 3.67. The Morgan fingerprint density at radius 1 is 0.889 bits per heavy atom. The number of nitrogen functional groups attached to an aromatic ring is 1. The summed E-state index contributed by atoms with van der Waals surface area (Å²) in [6.45, 7) is 21.9. The summed E-state index contributed by atoms with van der Waals surface area (Å²) in [7, 11) is 7.21. The van der Waals surface area contributed by atoms with Crippen LogP contribution >= 0.6 is 0 Å². The van der Waals surface area contributed by atoms with Gasteiger partial charge in [-0.1, -0.05) is 59.8 Å². The maximum atomic E-state index is 12.0. The molecule has 13 nitrogen and oxygen atoms in total. The van der Waals surface area contributed by atoms with Crippen molar-refractivity contribution in [1.29, 1.82) is 0 Å². The number of likely N-dealkylation sites (N-methyl/N-ethyl adjacent to an activating group) is 1. The van der Waals surface area contributed by atoms with Crippen LogP contribution in [0.5, 0.6) is 0 Å². The molecule has 0 saturated carbocycles. The van der Waals surface area contributed by atoms with Crippen molar-refractivity contribution in [2.45, 2.75) is 81.6 Å². The first kappa shape index (κ1) is 55.3. The van der Waals surface area contributed by atoms with Gasteiger partial charge < -0.3 is 40.9 Å². The molecule has 0 aromatic carbocycles. The molecule has 0 atom stereocenters. The molecule has 0 radical (unpaired) electrons. The first-order valence-electron chi connectivity index (χ1n) is 18.1. The number of carbonyl (C=O) groups is 5. The number of ether oxygens (including phenoxy) is 1. The molecule has 2 heterocycles. The highest BCUT2D eigenvalue weighted by molar-refractivity contribution is 6.03. The summed E-state index contributed by atoms with van der Waals surface area (Å²) in [5.74, 6) is -0.361. The van der Waals surface area contributed by atoms with Gasteiger partial charge in [0.1, 0.15) is 18.3 Å². The van der Waals surface area contributed by atoms with Gasteiger partial charge in [0.25, 0.3) is 5.91 Å². The van der Waals surface area contributed by atoms with Gasteiger partial charge in [0, 0.05) is 70.7 Å². The number of anilines is 2. The van der Waals surface area contributed by atoms with Crippen molar-refractivity contribution in [2.75, 3.05) is 38.4 Å². The molecule has 0 saturated heterocycles. The molecule has 0 aliphatic rings. The Morgan fingerprint density at radius 2 is 1.43 bits per heavy atom. The average molecular weight is 756 g/mol. The fraction of sp³-hybridized carbons (Fsp3) is 0.439. The number of methoxy groups -OCH3 is 1. The number of nitrogens with zero attached hydrogens (tertiary/aromatic N) is 2. The molecule has 3 amide bonds. The van der Waals surface area contributed by atoms with Crippen LogP contribution in [0.2, 0.25) is 0 Å². The van der Waals surface area contributed by atoms with Crippen molar-refractivity contribution in [3.05, 3.63) is 95.4 Å². The molecule has 54 heavy (non-hydrogen) atoms. The Bertz CT molecular complexity index is 1460. The second-order valence-electron chi connectivity index (χ2n) is 10.4. The smallest absolute Gasteiger partial charge is 0.272 e. The standard InChI is InChI=1S/C12H16N4O.C12H18N2O3.C9H15NO.C4H8O.2C2H6/c1-8-4-10(7-15(8)2)14-12(17)11-5-9(13)6-16(11)3;1-3-10(8-15)7-11(4-2)14-12(17)5-6-13-9-16;1-4-8(7-11)6-9(5-2)10-3;1-3-4-5-2;2*1-2/h4-7H,13H2,1-3H3,(H,14,17);4,7-9H,3,5-6H2,1-2H3,(H,13,16)(H,14,17);5-7,10H,4H2,1-3H3;3H,1,4H2,2H3;2*1-2H3/b;10-7+,11-4+;8-6+,9-5+;;;. The van der Waals surface area contributed by atoms with Crippen LogP contribution in [0.4, 0.5) is 11.4 Å². The minimum Gasteiger partial charge on any atom is -0.397 e. The quantitative estimate of drug-likeness (QED) is 0.0413. The zero-order valence-electron chi connectivity index (χ0n) is 35.1. The predicted molar refractivity (Wildman–Crippen MR) is 225 cm³/mol. The molecular weight excluding hydrogens is 686 g/mol. The van der Waals surface area contributed by atoms with E-state index < -0.39 is 0 Å². The van der Waals surface area contributed by atoms with E-state index in [-0.39, 0.29) is 18.2 Å². The van der Waals surface area contributed by atoms with Crippen molar-refractivity contribution in [2.24, 2.45) is 14.1 Å². The molecule has 0 fully saturated rings. The molecule has 2 aromatic rings. The minimum absolute atomic E-state index is 0.158. The molecule has 0 spiro atoms. The van der Waals surface area contributed by atoms with Crippen LogP contribution in [0.3, 0.4) is 0 Å². The third-order valence-corrected chi connectivity index (χ3v) is 6.63. The van der Waals surface area contributed by atoms with Gasteiger partial charge in [0.05, 0.1) is 18.0 Å². The molecular formula is C41H69N7O6. The minimum atomic E-state index is -0.204. The number of nitrogens with two attached hydrogens (primary N) is 1. The van der Waals surface area contributed by atoms with Crippen LogP contribution in [-0.2, 0) is 38.0 Å². The van der Waals surface area contributed by atoms with E-state index in [4.69, 9.17) is 5.73 Å². The van der Waals surface area contributed by atoms with E-state index in [0.29, 0.717) is 48.6 Å². The summed E-state index contributed by atoms with van der Waals surface area (Å²) >= 11 is 0. The Kier molecular flexibility index (Phi) is 38.2.